The van der Waals surface area contributed by atoms with E-state index in [1.54, 1.807) is 9.80 Å². The van der Waals surface area contributed by atoms with Gasteiger partial charge in [-0.25, -0.2) is 0 Å². The van der Waals surface area contributed by atoms with Crippen molar-refractivity contribution in [3.8, 4) is 0 Å². The number of likely N-dealkylation sites (tertiary alicyclic amines) is 1. The lowest BCUT2D eigenvalue weighted by Gasteiger charge is -2.41. The molecule has 0 saturated carbocycles. The molecule has 0 aromatic heterocycles. The number of methoxy groups -OCH3 is 1. The van der Waals surface area contributed by atoms with Gasteiger partial charge in [0.25, 0.3) is 0 Å². The number of fused-ring (bicyclic) bond motifs is 3. The van der Waals surface area contributed by atoms with Gasteiger partial charge in [-0.3, -0.25) is 24.0 Å². The zero-order chi connectivity index (χ0) is 44.5. The summed E-state index contributed by atoms with van der Waals surface area (Å²) >= 11 is 1.24. The molecule has 62 heavy (non-hydrogen) atoms. The lowest BCUT2D eigenvalue weighted by atomic mass is 9.86. The molecule has 332 valence electrons. The molecule has 2 aliphatic carbocycles. The number of thioether (sulfide) groups is 1. The van der Waals surface area contributed by atoms with Gasteiger partial charge < -0.3 is 36.6 Å². The summed E-state index contributed by atoms with van der Waals surface area (Å²) in [5.41, 5.74) is 20.3. The Hall–Kier alpha value is -4.72. The summed E-state index contributed by atoms with van der Waals surface area (Å²) in [5.74, 6) is -1.64. The van der Waals surface area contributed by atoms with Crippen LogP contribution < -0.4 is 22.1 Å². The third kappa shape index (κ3) is 9.60. The van der Waals surface area contributed by atoms with Crippen molar-refractivity contribution in [2.24, 2.45) is 16.9 Å². The fourth-order valence-corrected chi connectivity index (χ4v) is 10.5. The Balaban J connectivity index is 1.17. The molecule has 1 saturated heterocycles. The van der Waals surface area contributed by atoms with Crippen LogP contribution in [0.4, 0.5) is 0 Å². The maximum Gasteiger partial charge on any atom is 0.315 e. The summed E-state index contributed by atoms with van der Waals surface area (Å²) in [5, 5.41) is 6.62. The smallest absolute Gasteiger partial charge is 0.315 e. The van der Waals surface area contributed by atoms with E-state index in [2.05, 4.69) is 41.0 Å². The standard InChI is InChI=1S/C49H64N6O6S/c1-48(2,3)42(50)46(59)54-27-34(25-40(54)45(58)53-38-20-12-16-30-14-8-10-18-36(30)38)31-21-22-32-24-39(44(57)52-37-19-11-15-29-13-7-9-17-35(29)37)55(26-33(32)23-31)47(60)43(51)49(4,5)62-28-41(56)61-6/h7-10,13-14,17-18,21-23,34,37-40,42-43H,11-12,15-16,19-20,24-28,50-51H2,1-6H3,(H,52,57)(H,53,58)/t34?,37?,38?,39?,40-,42?,43?/m0/s1. The topological polar surface area (TPSA) is 177 Å². The predicted molar refractivity (Wildman–Crippen MR) is 242 cm³/mol. The molecular weight excluding hydrogens is 801 g/mol. The highest BCUT2D eigenvalue weighted by Crippen LogP contribution is 2.39. The van der Waals surface area contributed by atoms with Crippen LogP contribution in [0.25, 0.3) is 0 Å². The number of nitrogens with two attached hydrogens (primary N) is 2. The number of amides is 4. The minimum atomic E-state index is -1.04. The van der Waals surface area contributed by atoms with Crippen LogP contribution in [-0.2, 0) is 54.5 Å². The number of aryl methyl sites for hydroxylation is 2. The summed E-state index contributed by atoms with van der Waals surface area (Å²) in [6.07, 6.45) is 6.16. The van der Waals surface area contributed by atoms with E-state index in [9.17, 15) is 24.0 Å². The first-order chi connectivity index (χ1) is 29.5. The Bertz CT molecular complexity index is 2190. The van der Waals surface area contributed by atoms with Crippen molar-refractivity contribution in [3.63, 3.8) is 0 Å². The van der Waals surface area contributed by atoms with E-state index in [0.717, 1.165) is 66.3 Å². The number of benzene rings is 3. The number of hydrogen-bond acceptors (Lipinski definition) is 9. The molecule has 0 bridgehead atoms. The quantitative estimate of drug-likeness (QED) is 0.184. The van der Waals surface area contributed by atoms with Crippen LogP contribution in [0.2, 0.25) is 0 Å². The van der Waals surface area contributed by atoms with E-state index < -0.39 is 40.3 Å². The van der Waals surface area contributed by atoms with Gasteiger partial charge in [-0.05, 0) is 103 Å². The van der Waals surface area contributed by atoms with Crippen LogP contribution in [0.5, 0.6) is 0 Å². The normalized spacial score (nSPS) is 23.3. The Kier molecular flexibility index (Phi) is 13.6. The Morgan fingerprint density at radius 1 is 0.742 bits per heavy atom. The zero-order valence-corrected chi connectivity index (χ0v) is 37.9. The molecule has 1 fully saturated rings. The van der Waals surface area contributed by atoms with Crippen LogP contribution in [0.15, 0.2) is 66.7 Å². The molecule has 2 heterocycles. The zero-order valence-electron chi connectivity index (χ0n) is 37.1. The third-order valence-corrected chi connectivity index (χ3v) is 15.1. The van der Waals surface area contributed by atoms with Crippen LogP contribution in [0.3, 0.4) is 0 Å². The van der Waals surface area contributed by atoms with Crippen LogP contribution in [0.1, 0.15) is 124 Å². The second-order valence-corrected chi connectivity index (χ2v) is 20.9. The molecular formula is C49H64N6O6S. The molecule has 6 unspecified atom stereocenters. The largest absolute Gasteiger partial charge is 0.468 e. The van der Waals surface area contributed by atoms with Crippen molar-refractivity contribution in [1.82, 2.24) is 20.4 Å². The monoisotopic (exact) mass is 864 g/mol. The molecule has 7 atom stereocenters. The Morgan fingerprint density at radius 3 is 1.89 bits per heavy atom. The van der Waals surface area contributed by atoms with Crippen LogP contribution in [0, 0.1) is 5.41 Å². The van der Waals surface area contributed by atoms with E-state index in [-0.39, 0.29) is 60.3 Å². The van der Waals surface area contributed by atoms with Crippen LogP contribution in [-0.4, -0.2) is 87.7 Å². The first-order valence-corrected chi connectivity index (χ1v) is 23.2. The Morgan fingerprint density at radius 2 is 1.31 bits per heavy atom. The van der Waals surface area contributed by atoms with Crippen molar-refractivity contribution in [3.05, 3.63) is 106 Å². The molecule has 4 aliphatic rings. The van der Waals surface area contributed by atoms with Gasteiger partial charge in [-0.1, -0.05) is 87.5 Å². The molecule has 0 radical (unpaired) electrons. The second kappa shape index (κ2) is 18.6. The predicted octanol–water partition coefficient (Wildman–Crippen LogP) is 5.40. The number of ether oxygens (including phenoxy) is 1. The van der Waals surface area contributed by atoms with Crippen molar-refractivity contribution in [1.29, 1.82) is 0 Å². The summed E-state index contributed by atoms with van der Waals surface area (Å²) in [4.78, 5) is 73.0. The number of rotatable bonds is 11. The number of hydrogen-bond donors (Lipinski definition) is 4. The van der Waals surface area contributed by atoms with E-state index >= 15 is 0 Å². The molecule has 4 amide bonds. The number of nitrogens with one attached hydrogen (secondary N) is 2. The maximum absolute atomic E-state index is 14.6. The molecule has 7 rings (SSSR count). The van der Waals surface area contributed by atoms with Gasteiger partial charge in [0.05, 0.1) is 37.0 Å². The van der Waals surface area contributed by atoms with E-state index in [4.69, 9.17) is 16.2 Å². The van der Waals surface area contributed by atoms with Gasteiger partial charge in [0.2, 0.25) is 23.6 Å². The molecule has 3 aromatic rings. The Labute approximate surface area is 370 Å². The minimum Gasteiger partial charge on any atom is -0.468 e. The maximum atomic E-state index is 14.6. The lowest BCUT2D eigenvalue weighted by molar-refractivity contribution is -0.143. The number of carbonyl (C=O) groups is 5. The summed E-state index contributed by atoms with van der Waals surface area (Å²) < 4.78 is 3.99. The average molecular weight is 865 g/mol. The number of carbonyl (C=O) groups excluding carboxylic acids is 5. The molecule has 13 heteroatoms. The lowest BCUT2D eigenvalue weighted by Crippen LogP contribution is -2.60. The van der Waals surface area contributed by atoms with Crippen molar-refractivity contribution in [2.75, 3.05) is 19.4 Å². The van der Waals surface area contributed by atoms with Crippen molar-refractivity contribution >= 4 is 41.4 Å². The summed E-state index contributed by atoms with van der Waals surface area (Å²) in [6.45, 7) is 9.90. The second-order valence-electron chi connectivity index (χ2n) is 19.2. The summed E-state index contributed by atoms with van der Waals surface area (Å²) in [6, 6.07) is 18.8. The number of nitrogens with zero attached hydrogens (tertiary/aromatic N) is 2. The van der Waals surface area contributed by atoms with Crippen LogP contribution >= 0.6 is 11.8 Å². The van der Waals surface area contributed by atoms with Gasteiger partial charge in [-0.2, -0.15) is 0 Å². The number of esters is 1. The van der Waals surface area contributed by atoms with Gasteiger partial charge in [0, 0.05) is 30.2 Å². The fraction of sp³-hybridized carbons (Fsp3) is 0.531. The SMILES string of the molecule is COC(=O)CSC(C)(C)C(N)C(=O)N1Cc2cc(C3C[C@@H](C(=O)NC4CCCc5ccccc54)N(C(=O)C(N)C(C)(C)C)C3)ccc2CC1C(=O)NC1CCCc2ccccc21. The van der Waals surface area contributed by atoms with Gasteiger partial charge >= 0.3 is 5.97 Å². The molecule has 2 aliphatic heterocycles. The highest BCUT2D eigenvalue weighted by molar-refractivity contribution is 8.01. The molecule has 3 aromatic carbocycles. The first kappa shape index (κ1) is 45.3. The average Bonchev–Trinajstić information content (AvgIpc) is 3.72. The minimum absolute atomic E-state index is 0.0240. The van der Waals surface area contributed by atoms with E-state index in [0.29, 0.717) is 13.0 Å². The van der Waals surface area contributed by atoms with Crippen molar-refractivity contribution < 1.29 is 28.7 Å². The fourth-order valence-electron chi connectivity index (χ4n) is 9.66. The highest BCUT2D eigenvalue weighted by Gasteiger charge is 2.46. The third-order valence-electron chi connectivity index (χ3n) is 13.7. The molecule has 0 spiro atoms. The van der Waals surface area contributed by atoms with Gasteiger partial charge in [0.1, 0.15) is 12.1 Å². The molecule has 12 nitrogen and oxygen atoms in total. The highest BCUT2D eigenvalue weighted by atomic mass is 32.2. The first-order valence-electron chi connectivity index (χ1n) is 22.2. The van der Waals surface area contributed by atoms with Gasteiger partial charge in [0.15, 0.2) is 0 Å². The van der Waals surface area contributed by atoms with Gasteiger partial charge in [-0.15, -0.1) is 11.8 Å². The van der Waals surface area contributed by atoms with Crippen molar-refractivity contribution in [2.45, 2.75) is 139 Å². The van der Waals surface area contributed by atoms with E-state index in [1.807, 2.05) is 71.0 Å². The van der Waals surface area contributed by atoms with E-state index in [1.165, 1.54) is 30.0 Å². The summed E-state index contributed by atoms with van der Waals surface area (Å²) in [7, 11) is 1.32. The molecule has 6 N–H and O–H groups in total.